The number of thiocarbonyl (C=S) groups is 1. The maximum atomic E-state index is 13.7. The summed E-state index contributed by atoms with van der Waals surface area (Å²) in [6.07, 6.45) is 0.397. The van der Waals surface area contributed by atoms with Crippen molar-refractivity contribution in [2.24, 2.45) is 5.73 Å². The Hall–Kier alpha value is -1.69. The van der Waals surface area contributed by atoms with Gasteiger partial charge in [-0.2, -0.15) is 0 Å². The number of carbonyl (C=O) groups is 1. The lowest BCUT2D eigenvalue weighted by Gasteiger charge is -2.18. The number of nitrogens with two attached hydrogens (primary N) is 1. The number of hydrogen-bond donors (Lipinski definition) is 1. The molecule has 0 unspecified atom stereocenters. The number of carbonyl (C=O) groups excluding carboxylic acids is 1. The number of nitrogens with zero attached hydrogens (tertiary/aromatic N) is 1. The zero-order valence-corrected chi connectivity index (χ0v) is 11.1. The Kier molecular flexibility index (Phi) is 5.03. The Balaban J connectivity index is 2.92. The fraction of sp³-hybridized carbons (Fsp3) is 0.333. The zero-order valence-electron chi connectivity index (χ0n) is 10.3. The van der Waals surface area contributed by atoms with Crippen LogP contribution in [0.25, 0.3) is 0 Å². The molecule has 0 fully saturated rings. The molecule has 98 valence electrons. The molecule has 2 N–H and O–H groups in total. The van der Waals surface area contributed by atoms with Crippen molar-refractivity contribution in [3.8, 4) is 5.75 Å². The Labute approximate surface area is 111 Å². The molecule has 0 heterocycles. The van der Waals surface area contributed by atoms with Gasteiger partial charge in [-0.05, 0) is 12.1 Å². The quantitative estimate of drug-likeness (QED) is 0.825. The predicted octanol–water partition coefficient (Wildman–Crippen LogP) is 1.58. The van der Waals surface area contributed by atoms with E-state index in [2.05, 4.69) is 0 Å². The van der Waals surface area contributed by atoms with Gasteiger partial charge in [0.2, 0.25) is 0 Å². The van der Waals surface area contributed by atoms with Crippen molar-refractivity contribution in [2.45, 2.75) is 6.42 Å². The summed E-state index contributed by atoms with van der Waals surface area (Å²) in [6.45, 7) is 0.339. The van der Waals surface area contributed by atoms with Crippen LogP contribution < -0.4 is 10.5 Å². The number of rotatable bonds is 5. The van der Waals surface area contributed by atoms with Gasteiger partial charge in [-0.15, -0.1) is 0 Å². The summed E-state index contributed by atoms with van der Waals surface area (Å²) in [4.78, 5) is 13.8. The highest BCUT2D eigenvalue weighted by Crippen LogP contribution is 2.22. The second-order valence-corrected chi connectivity index (χ2v) is 4.28. The lowest BCUT2D eigenvalue weighted by atomic mass is 10.1. The maximum absolute atomic E-state index is 13.7. The van der Waals surface area contributed by atoms with Gasteiger partial charge in [-0.1, -0.05) is 18.3 Å². The van der Waals surface area contributed by atoms with E-state index in [-0.39, 0.29) is 11.3 Å². The third kappa shape index (κ3) is 3.40. The number of halogens is 1. The second-order valence-electron chi connectivity index (χ2n) is 3.76. The maximum Gasteiger partial charge on any atom is 0.260 e. The van der Waals surface area contributed by atoms with Crippen LogP contribution in [0, 0.1) is 5.82 Å². The van der Waals surface area contributed by atoms with E-state index < -0.39 is 11.7 Å². The van der Waals surface area contributed by atoms with E-state index in [1.54, 1.807) is 7.05 Å². The molecule has 0 bridgehead atoms. The normalized spacial score (nSPS) is 9.94. The molecular formula is C12H15FN2O2S. The van der Waals surface area contributed by atoms with Gasteiger partial charge in [0.1, 0.15) is 17.1 Å². The lowest BCUT2D eigenvalue weighted by molar-refractivity contribution is 0.0790. The van der Waals surface area contributed by atoms with Crippen molar-refractivity contribution >= 4 is 23.1 Å². The molecule has 1 aromatic rings. The highest BCUT2D eigenvalue weighted by Gasteiger charge is 2.20. The van der Waals surface area contributed by atoms with E-state index in [9.17, 15) is 9.18 Å². The van der Waals surface area contributed by atoms with Gasteiger partial charge in [-0.3, -0.25) is 4.79 Å². The third-order valence-electron chi connectivity index (χ3n) is 2.45. The summed E-state index contributed by atoms with van der Waals surface area (Å²) >= 11 is 4.73. The van der Waals surface area contributed by atoms with Crippen LogP contribution in [0.15, 0.2) is 18.2 Å². The van der Waals surface area contributed by atoms with Crippen LogP contribution in [0.4, 0.5) is 4.39 Å². The van der Waals surface area contributed by atoms with E-state index in [0.29, 0.717) is 18.0 Å². The third-order valence-corrected chi connectivity index (χ3v) is 2.65. The van der Waals surface area contributed by atoms with Crippen LogP contribution in [0.1, 0.15) is 16.8 Å². The van der Waals surface area contributed by atoms with Gasteiger partial charge in [0.05, 0.1) is 12.1 Å². The Bertz CT molecular complexity index is 465. The Morgan fingerprint density at radius 2 is 2.22 bits per heavy atom. The van der Waals surface area contributed by atoms with Crippen molar-refractivity contribution in [2.75, 3.05) is 20.7 Å². The van der Waals surface area contributed by atoms with E-state index in [1.165, 1.54) is 30.2 Å². The second kappa shape index (κ2) is 6.30. The van der Waals surface area contributed by atoms with E-state index >= 15 is 0 Å². The van der Waals surface area contributed by atoms with Gasteiger partial charge < -0.3 is 15.4 Å². The topological polar surface area (TPSA) is 55.6 Å². The molecule has 0 aliphatic rings. The molecule has 1 amide bonds. The fourth-order valence-electron chi connectivity index (χ4n) is 1.45. The molecule has 1 rings (SSSR count). The average Bonchev–Trinajstić information content (AvgIpc) is 2.34. The molecule has 18 heavy (non-hydrogen) atoms. The van der Waals surface area contributed by atoms with Gasteiger partial charge in [-0.25, -0.2) is 4.39 Å². The van der Waals surface area contributed by atoms with Crippen molar-refractivity contribution < 1.29 is 13.9 Å². The van der Waals surface area contributed by atoms with Gasteiger partial charge in [0, 0.05) is 20.0 Å². The first-order valence-corrected chi connectivity index (χ1v) is 5.74. The van der Waals surface area contributed by atoms with Crippen LogP contribution in [0.2, 0.25) is 0 Å². The summed E-state index contributed by atoms with van der Waals surface area (Å²) in [6, 6.07) is 4.24. The first-order chi connectivity index (χ1) is 8.47. The van der Waals surface area contributed by atoms with Crippen LogP contribution in [-0.2, 0) is 0 Å². The largest absolute Gasteiger partial charge is 0.496 e. The monoisotopic (exact) mass is 270 g/mol. The summed E-state index contributed by atoms with van der Waals surface area (Å²) in [5, 5.41) is 0. The minimum Gasteiger partial charge on any atom is -0.496 e. The van der Waals surface area contributed by atoms with Crippen LogP contribution in [-0.4, -0.2) is 36.5 Å². The molecule has 0 aromatic heterocycles. The number of amides is 1. The molecule has 0 saturated carbocycles. The molecule has 0 radical (unpaired) electrons. The van der Waals surface area contributed by atoms with E-state index in [0.717, 1.165) is 0 Å². The van der Waals surface area contributed by atoms with Crippen molar-refractivity contribution in [1.82, 2.24) is 4.90 Å². The molecule has 0 aliphatic heterocycles. The minimum absolute atomic E-state index is 0.0783. The SMILES string of the molecule is COc1cccc(F)c1C(=O)N(C)CCC(N)=S. The molecular weight excluding hydrogens is 255 g/mol. The predicted molar refractivity (Wildman–Crippen MR) is 71.3 cm³/mol. The first-order valence-electron chi connectivity index (χ1n) is 5.33. The van der Waals surface area contributed by atoms with Crippen molar-refractivity contribution in [1.29, 1.82) is 0 Å². The van der Waals surface area contributed by atoms with Gasteiger partial charge in [0.25, 0.3) is 5.91 Å². The molecule has 0 atom stereocenters. The molecule has 1 aromatic carbocycles. The summed E-state index contributed by atoms with van der Waals surface area (Å²) in [7, 11) is 2.95. The van der Waals surface area contributed by atoms with E-state index in [4.69, 9.17) is 22.7 Å². The lowest BCUT2D eigenvalue weighted by Crippen LogP contribution is -2.31. The summed E-state index contributed by atoms with van der Waals surface area (Å²) in [5.74, 6) is -0.857. The number of methoxy groups -OCH3 is 1. The minimum atomic E-state index is -0.610. The van der Waals surface area contributed by atoms with Gasteiger partial charge in [0.15, 0.2) is 0 Å². The first kappa shape index (κ1) is 14.4. The van der Waals surface area contributed by atoms with Crippen LogP contribution >= 0.6 is 12.2 Å². The van der Waals surface area contributed by atoms with Crippen molar-refractivity contribution in [3.63, 3.8) is 0 Å². The van der Waals surface area contributed by atoms with Crippen LogP contribution in [0.3, 0.4) is 0 Å². The standard InChI is InChI=1S/C12H15FN2O2S/c1-15(7-6-10(14)18)12(16)11-8(13)4-3-5-9(11)17-2/h3-5H,6-7H2,1-2H3,(H2,14,18). The van der Waals surface area contributed by atoms with E-state index in [1.807, 2.05) is 0 Å². The highest BCUT2D eigenvalue weighted by atomic mass is 32.1. The molecule has 0 spiro atoms. The fourth-order valence-corrected chi connectivity index (χ4v) is 1.54. The number of benzene rings is 1. The number of hydrogen-bond acceptors (Lipinski definition) is 3. The van der Waals surface area contributed by atoms with Crippen molar-refractivity contribution in [3.05, 3.63) is 29.6 Å². The highest BCUT2D eigenvalue weighted by molar-refractivity contribution is 7.80. The Morgan fingerprint density at radius 3 is 2.78 bits per heavy atom. The Morgan fingerprint density at radius 1 is 1.56 bits per heavy atom. The summed E-state index contributed by atoms with van der Waals surface area (Å²) < 4.78 is 18.7. The molecule has 6 heteroatoms. The van der Waals surface area contributed by atoms with Crippen LogP contribution in [0.5, 0.6) is 5.75 Å². The smallest absolute Gasteiger partial charge is 0.260 e. The van der Waals surface area contributed by atoms with Gasteiger partial charge >= 0.3 is 0 Å². The number of ether oxygens (including phenoxy) is 1. The molecule has 0 saturated heterocycles. The zero-order chi connectivity index (χ0) is 13.7. The molecule has 0 aliphatic carbocycles. The average molecular weight is 270 g/mol. The molecule has 4 nitrogen and oxygen atoms in total. The summed E-state index contributed by atoms with van der Waals surface area (Å²) in [5.41, 5.74) is 5.28.